The first kappa shape index (κ1) is 20.2. The molecule has 0 aliphatic heterocycles. The molecular formula is C23H32N2O. The lowest BCUT2D eigenvalue weighted by atomic mass is 9.86. The minimum atomic E-state index is 0.101. The molecule has 2 rings (SSSR count). The van der Waals surface area contributed by atoms with E-state index in [1.807, 2.05) is 12.1 Å². The van der Waals surface area contributed by atoms with Gasteiger partial charge < -0.3 is 10.2 Å². The minimum absolute atomic E-state index is 0.101. The van der Waals surface area contributed by atoms with E-state index in [-0.39, 0.29) is 11.3 Å². The molecule has 3 heteroatoms. The van der Waals surface area contributed by atoms with Crippen LogP contribution < -0.4 is 5.32 Å². The maximum absolute atomic E-state index is 12.2. The van der Waals surface area contributed by atoms with Crippen molar-refractivity contribution < 1.29 is 4.79 Å². The highest BCUT2D eigenvalue weighted by molar-refractivity contribution is 5.76. The Morgan fingerprint density at radius 3 is 2.15 bits per heavy atom. The van der Waals surface area contributed by atoms with Gasteiger partial charge in [-0.15, -0.1) is 0 Å². The molecule has 1 N–H and O–H groups in total. The topological polar surface area (TPSA) is 32.3 Å². The van der Waals surface area contributed by atoms with Gasteiger partial charge in [0.2, 0.25) is 5.91 Å². The van der Waals surface area contributed by atoms with Gasteiger partial charge in [0.25, 0.3) is 0 Å². The maximum atomic E-state index is 12.2. The summed E-state index contributed by atoms with van der Waals surface area (Å²) in [6.45, 7) is 8.11. The van der Waals surface area contributed by atoms with E-state index in [1.165, 1.54) is 22.3 Å². The van der Waals surface area contributed by atoms with Crippen molar-refractivity contribution in [1.82, 2.24) is 10.2 Å². The van der Waals surface area contributed by atoms with Gasteiger partial charge in [0.15, 0.2) is 0 Å². The lowest BCUT2D eigenvalue weighted by Gasteiger charge is -2.19. The first-order valence-corrected chi connectivity index (χ1v) is 9.33. The highest BCUT2D eigenvalue weighted by Gasteiger charge is 2.13. The average molecular weight is 353 g/mol. The summed E-state index contributed by atoms with van der Waals surface area (Å²) in [5.41, 5.74) is 5.14. The highest BCUT2D eigenvalue weighted by Crippen LogP contribution is 2.22. The number of hydrogen-bond donors (Lipinski definition) is 1. The average Bonchev–Trinajstić information content (AvgIpc) is 2.58. The van der Waals surface area contributed by atoms with Crippen molar-refractivity contribution >= 4 is 5.91 Å². The van der Waals surface area contributed by atoms with Crippen LogP contribution in [0.3, 0.4) is 0 Å². The number of nitrogens with one attached hydrogen (secondary N) is 1. The van der Waals surface area contributed by atoms with Gasteiger partial charge in [-0.2, -0.15) is 0 Å². The lowest BCUT2D eigenvalue weighted by molar-refractivity contribution is -0.121. The molecule has 0 bridgehead atoms. The van der Waals surface area contributed by atoms with E-state index in [1.54, 1.807) is 0 Å². The largest absolute Gasteiger partial charge is 0.352 e. The fraction of sp³-hybridized carbons (Fsp3) is 0.435. The van der Waals surface area contributed by atoms with Gasteiger partial charge in [-0.25, -0.2) is 0 Å². The van der Waals surface area contributed by atoms with Crippen LogP contribution in [0.2, 0.25) is 0 Å². The van der Waals surface area contributed by atoms with Crippen LogP contribution in [-0.4, -0.2) is 24.9 Å². The summed E-state index contributed by atoms with van der Waals surface area (Å²) in [5, 5.41) is 3.06. The van der Waals surface area contributed by atoms with Crippen molar-refractivity contribution in [1.29, 1.82) is 0 Å². The van der Waals surface area contributed by atoms with Gasteiger partial charge in [0.05, 0.1) is 0 Å². The Morgan fingerprint density at radius 1 is 0.962 bits per heavy atom. The Kier molecular flexibility index (Phi) is 6.98. The minimum Gasteiger partial charge on any atom is -0.352 e. The van der Waals surface area contributed by atoms with Crippen molar-refractivity contribution in [2.45, 2.75) is 52.1 Å². The molecule has 2 aromatic carbocycles. The van der Waals surface area contributed by atoms with Crippen LogP contribution in [0.1, 0.15) is 49.4 Å². The van der Waals surface area contributed by atoms with Gasteiger partial charge in [0, 0.05) is 19.5 Å². The summed E-state index contributed by atoms with van der Waals surface area (Å²) in [5.74, 6) is 0.101. The second-order valence-electron chi connectivity index (χ2n) is 8.23. The predicted molar refractivity (Wildman–Crippen MR) is 109 cm³/mol. The van der Waals surface area contributed by atoms with Crippen LogP contribution in [0.5, 0.6) is 0 Å². The third-order valence-corrected chi connectivity index (χ3v) is 4.54. The monoisotopic (exact) mass is 352 g/mol. The van der Waals surface area contributed by atoms with E-state index < -0.39 is 0 Å². The zero-order valence-electron chi connectivity index (χ0n) is 16.8. The fourth-order valence-electron chi connectivity index (χ4n) is 2.94. The number of rotatable bonds is 7. The van der Waals surface area contributed by atoms with Gasteiger partial charge >= 0.3 is 0 Å². The summed E-state index contributed by atoms with van der Waals surface area (Å²) in [6, 6.07) is 16.9. The molecule has 0 aliphatic rings. The van der Waals surface area contributed by atoms with Crippen LogP contribution in [-0.2, 0) is 29.7 Å². The van der Waals surface area contributed by atoms with E-state index >= 15 is 0 Å². The van der Waals surface area contributed by atoms with Gasteiger partial charge in [0.1, 0.15) is 0 Å². The molecule has 0 spiro atoms. The summed E-state index contributed by atoms with van der Waals surface area (Å²) >= 11 is 0. The fourth-order valence-corrected chi connectivity index (χ4v) is 2.94. The Labute approximate surface area is 158 Å². The Morgan fingerprint density at radius 2 is 1.58 bits per heavy atom. The van der Waals surface area contributed by atoms with Gasteiger partial charge in [-0.1, -0.05) is 69.3 Å². The standard InChI is InChI=1S/C23H32N2O/c1-23(2,3)21-13-10-18(11-14-21)12-15-22(26)24-16-19-8-6-7-9-20(19)17-25(4)5/h6-11,13-14H,12,15-17H2,1-5H3,(H,24,26). The number of aryl methyl sites for hydroxylation is 1. The van der Waals surface area contributed by atoms with E-state index in [0.29, 0.717) is 13.0 Å². The Hall–Kier alpha value is -2.13. The highest BCUT2D eigenvalue weighted by atomic mass is 16.1. The van der Waals surface area contributed by atoms with E-state index in [9.17, 15) is 4.79 Å². The molecule has 0 heterocycles. The zero-order chi connectivity index (χ0) is 19.2. The molecule has 0 saturated carbocycles. The maximum Gasteiger partial charge on any atom is 0.220 e. The van der Waals surface area contributed by atoms with Gasteiger partial charge in [-0.05, 0) is 48.2 Å². The Balaban J connectivity index is 1.84. The van der Waals surface area contributed by atoms with Crippen molar-refractivity contribution in [2.24, 2.45) is 0 Å². The molecule has 26 heavy (non-hydrogen) atoms. The first-order chi connectivity index (χ1) is 12.3. The van der Waals surface area contributed by atoms with E-state index in [2.05, 4.69) is 81.5 Å². The second-order valence-corrected chi connectivity index (χ2v) is 8.23. The smallest absolute Gasteiger partial charge is 0.220 e. The third-order valence-electron chi connectivity index (χ3n) is 4.54. The number of amides is 1. The molecule has 0 radical (unpaired) electrons. The first-order valence-electron chi connectivity index (χ1n) is 9.33. The molecule has 3 nitrogen and oxygen atoms in total. The van der Waals surface area contributed by atoms with E-state index in [4.69, 9.17) is 0 Å². The molecule has 140 valence electrons. The second kappa shape index (κ2) is 9.00. The predicted octanol–water partition coefficient (Wildman–Crippen LogP) is 4.29. The van der Waals surface area contributed by atoms with Crippen molar-refractivity contribution in [3.8, 4) is 0 Å². The quantitative estimate of drug-likeness (QED) is 0.806. The number of nitrogens with zero attached hydrogens (tertiary/aromatic N) is 1. The molecule has 0 fully saturated rings. The molecule has 0 saturated heterocycles. The van der Waals surface area contributed by atoms with Crippen LogP contribution in [0.15, 0.2) is 48.5 Å². The molecule has 2 aromatic rings. The zero-order valence-corrected chi connectivity index (χ0v) is 16.8. The summed E-state index contributed by atoms with van der Waals surface area (Å²) in [6.07, 6.45) is 1.29. The number of hydrogen-bond acceptors (Lipinski definition) is 2. The summed E-state index contributed by atoms with van der Waals surface area (Å²) in [7, 11) is 4.11. The lowest BCUT2D eigenvalue weighted by Crippen LogP contribution is -2.24. The summed E-state index contributed by atoms with van der Waals surface area (Å²) < 4.78 is 0. The van der Waals surface area contributed by atoms with Crippen molar-refractivity contribution in [3.05, 3.63) is 70.8 Å². The number of carbonyl (C=O) groups excluding carboxylic acids is 1. The van der Waals surface area contributed by atoms with Crippen molar-refractivity contribution in [3.63, 3.8) is 0 Å². The van der Waals surface area contributed by atoms with Crippen molar-refractivity contribution in [2.75, 3.05) is 14.1 Å². The van der Waals surface area contributed by atoms with Crippen LogP contribution >= 0.6 is 0 Å². The molecule has 0 aliphatic carbocycles. The molecule has 0 atom stereocenters. The molecule has 0 unspecified atom stereocenters. The summed E-state index contributed by atoms with van der Waals surface area (Å²) in [4.78, 5) is 14.4. The van der Waals surface area contributed by atoms with Gasteiger partial charge in [-0.3, -0.25) is 4.79 Å². The molecule has 1 amide bonds. The SMILES string of the molecule is CN(C)Cc1ccccc1CNC(=O)CCc1ccc(C(C)(C)C)cc1. The normalized spacial score (nSPS) is 11.6. The molecule has 0 aromatic heterocycles. The van der Waals surface area contributed by atoms with Crippen LogP contribution in [0.25, 0.3) is 0 Å². The number of carbonyl (C=O) groups is 1. The Bertz CT molecular complexity index is 712. The van der Waals surface area contributed by atoms with E-state index in [0.717, 1.165) is 13.0 Å². The third kappa shape index (κ3) is 6.30. The van der Waals surface area contributed by atoms with Crippen LogP contribution in [0, 0.1) is 0 Å². The molecular weight excluding hydrogens is 320 g/mol. The van der Waals surface area contributed by atoms with Crippen LogP contribution in [0.4, 0.5) is 0 Å². The number of benzene rings is 2.